The van der Waals surface area contributed by atoms with Crippen molar-refractivity contribution < 1.29 is 18.1 Å². The highest BCUT2D eigenvalue weighted by molar-refractivity contribution is 7.48. The fourth-order valence-corrected chi connectivity index (χ4v) is 6.02. The molecule has 0 N–H and O–H groups in total. The molecule has 0 aliphatic rings. The highest BCUT2D eigenvalue weighted by Gasteiger charge is 2.28. The van der Waals surface area contributed by atoms with Gasteiger partial charge in [-0.05, 0) is 80.6 Å². The molecule has 0 rings (SSSR count). The topological polar surface area (TPSA) is 54.5 Å². The molecule has 0 aromatic heterocycles. The van der Waals surface area contributed by atoms with Gasteiger partial charge in [-0.25, -0.2) is 4.57 Å². The van der Waals surface area contributed by atoms with E-state index in [1.165, 1.54) is 90.6 Å². The Morgan fingerprint density at radius 1 is 0.615 bits per heavy atom. The van der Waals surface area contributed by atoms with E-state index in [4.69, 9.17) is 13.6 Å². The molecule has 0 saturated heterocycles. The minimum absolute atomic E-state index is 0.226. The van der Waals surface area contributed by atoms with Crippen LogP contribution >= 0.6 is 7.82 Å². The first-order valence-electron chi connectivity index (χ1n) is 16.2. The third kappa shape index (κ3) is 26.6. The fourth-order valence-electron chi connectivity index (χ4n) is 4.91. The summed E-state index contributed by atoms with van der Waals surface area (Å²) in [6.45, 7) is 9.49. The lowest BCUT2D eigenvalue weighted by Gasteiger charge is -2.28. The van der Waals surface area contributed by atoms with Gasteiger partial charge in [0, 0.05) is 13.7 Å². The summed E-state index contributed by atoms with van der Waals surface area (Å²) >= 11 is 0. The Kier molecular flexibility index (Phi) is 26.9. The maximum atomic E-state index is 13.0. The second kappa shape index (κ2) is 26.9. The molecule has 2 unspecified atom stereocenters. The van der Waals surface area contributed by atoms with Gasteiger partial charge in [0.15, 0.2) is 0 Å². The van der Waals surface area contributed by atoms with E-state index in [1.807, 2.05) is 6.92 Å². The Morgan fingerprint density at radius 3 is 1.41 bits per heavy atom. The SMILES string of the molecule is CCCCCCCCCCCCCCCCCOP(=O)(OC)OC(C)CN(CCCN(C)C)CCCN(C)C. The van der Waals surface area contributed by atoms with Crippen LogP contribution in [0.3, 0.4) is 0 Å². The number of phosphoric acid groups is 1. The molecule has 0 heterocycles. The van der Waals surface area contributed by atoms with Crippen molar-refractivity contribution in [2.75, 3.05) is 74.6 Å². The molecule has 39 heavy (non-hydrogen) atoms. The molecular formula is C31H68N3O4P. The summed E-state index contributed by atoms with van der Waals surface area (Å²) in [6.07, 6.45) is 21.8. The van der Waals surface area contributed by atoms with Gasteiger partial charge in [-0.1, -0.05) is 96.8 Å². The van der Waals surface area contributed by atoms with E-state index >= 15 is 0 Å². The fraction of sp³-hybridized carbons (Fsp3) is 1.00. The lowest BCUT2D eigenvalue weighted by molar-refractivity contribution is 0.0736. The van der Waals surface area contributed by atoms with E-state index in [9.17, 15) is 4.57 Å². The molecule has 236 valence electrons. The van der Waals surface area contributed by atoms with E-state index in [0.717, 1.165) is 58.4 Å². The second-order valence-electron chi connectivity index (χ2n) is 11.9. The van der Waals surface area contributed by atoms with Gasteiger partial charge in [-0.15, -0.1) is 0 Å². The quantitative estimate of drug-likeness (QED) is 0.0629. The predicted molar refractivity (Wildman–Crippen MR) is 169 cm³/mol. The summed E-state index contributed by atoms with van der Waals surface area (Å²) in [4.78, 5) is 6.83. The Bertz CT molecular complexity index is 552. The van der Waals surface area contributed by atoms with Crippen LogP contribution in [0.1, 0.15) is 123 Å². The molecule has 0 saturated carbocycles. The first kappa shape index (κ1) is 39.0. The van der Waals surface area contributed by atoms with Crippen LogP contribution in [0.25, 0.3) is 0 Å². The zero-order valence-corrected chi connectivity index (χ0v) is 28.2. The molecule has 8 heteroatoms. The molecule has 7 nitrogen and oxygen atoms in total. The summed E-state index contributed by atoms with van der Waals surface area (Å²) in [6, 6.07) is 0. The number of unbranched alkanes of at least 4 members (excludes halogenated alkanes) is 14. The van der Waals surface area contributed by atoms with Gasteiger partial charge in [-0.2, -0.15) is 0 Å². The lowest BCUT2D eigenvalue weighted by atomic mass is 10.0. The predicted octanol–water partition coefficient (Wildman–Crippen LogP) is 8.24. The minimum Gasteiger partial charge on any atom is -0.309 e. The van der Waals surface area contributed by atoms with Crippen LogP contribution in [-0.4, -0.2) is 95.4 Å². The molecule has 0 aromatic carbocycles. The summed E-state index contributed by atoms with van der Waals surface area (Å²) in [5.74, 6) is 0. The molecule has 0 amide bonds. The summed E-state index contributed by atoms with van der Waals surface area (Å²) in [7, 11) is 6.31. The normalized spacial score (nSPS) is 14.5. The van der Waals surface area contributed by atoms with Gasteiger partial charge in [0.25, 0.3) is 0 Å². The van der Waals surface area contributed by atoms with Crippen molar-refractivity contribution in [2.24, 2.45) is 0 Å². The highest BCUT2D eigenvalue weighted by Crippen LogP contribution is 2.49. The first-order valence-corrected chi connectivity index (χ1v) is 17.7. The summed E-state index contributed by atoms with van der Waals surface area (Å²) in [5, 5.41) is 0. The Hall–Kier alpha value is -0.0100. The van der Waals surface area contributed by atoms with Gasteiger partial charge in [0.1, 0.15) is 0 Å². The van der Waals surface area contributed by atoms with E-state index in [1.54, 1.807) is 0 Å². The smallest absolute Gasteiger partial charge is 0.309 e. The molecule has 0 aliphatic carbocycles. The van der Waals surface area contributed by atoms with Gasteiger partial charge in [0.2, 0.25) is 0 Å². The first-order chi connectivity index (χ1) is 18.7. The van der Waals surface area contributed by atoms with Crippen molar-refractivity contribution in [3.8, 4) is 0 Å². The molecule has 0 radical (unpaired) electrons. The van der Waals surface area contributed by atoms with Gasteiger partial charge in [-0.3, -0.25) is 13.6 Å². The third-order valence-electron chi connectivity index (χ3n) is 7.20. The molecule has 0 aliphatic heterocycles. The van der Waals surface area contributed by atoms with Gasteiger partial charge >= 0.3 is 7.82 Å². The maximum absolute atomic E-state index is 13.0. The van der Waals surface area contributed by atoms with Crippen LogP contribution in [0.4, 0.5) is 0 Å². The van der Waals surface area contributed by atoms with Crippen molar-refractivity contribution >= 4 is 7.82 Å². The van der Waals surface area contributed by atoms with Crippen LogP contribution in [0.2, 0.25) is 0 Å². The largest absolute Gasteiger partial charge is 0.474 e. The van der Waals surface area contributed by atoms with E-state index < -0.39 is 7.82 Å². The average Bonchev–Trinajstić information content (AvgIpc) is 2.87. The van der Waals surface area contributed by atoms with Crippen molar-refractivity contribution in [1.29, 1.82) is 0 Å². The zero-order valence-electron chi connectivity index (χ0n) is 27.3. The maximum Gasteiger partial charge on any atom is 0.474 e. The van der Waals surface area contributed by atoms with E-state index in [-0.39, 0.29) is 6.10 Å². The molecule has 0 aromatic rings. The van der Waals surface area contributed by atoms with Gasteiger partial charge < -0.3 is 14.7 Å². The standard InChI is InChI=1S/C31H68N3O4P/c1-8-9-10-11-12-13-14-15-16-17-18-19-20-21-22-29-37-39(35,36-7)38-31(2)30-34(27-23-25-32(3)4)28-24-26-33(5)6/h31H,8-30H2,1-7H3. The van der Waals surface area contributed by atoms with Crippen LogP contribution in [0.15, 0.2) is 0 Å². The number of nitrogens with zero attached hydrogens (tertiary/aromatic N) is 3. The average molecular weight is 578 g/mol. The Balaban J connectivity index is 4.02. The summed E-state index contributed by atoms with van der Waals surface area (Å²) < 4.78 is 29.7. The van der Waals surface area contributed by atoms with Crippen molar-refractivity contribution in [2.45, 2.75) is 129 Å². The van der Waals surface area contributed by atoms with Crippen molar-refractivity contribution in [3.63, 3.8) is 0 Å². The highest BCUT2D eigenvalue weighted by atomic mass is 31.2. The number of phosphoric ester groups is 1. The zero-order chi connectivity index (χ0) is 29.2. The lowest BCUT2D eigenvalue weighted by Crippen LogP contribution is -2.36. The van der Waals surface area contributed by atoms with Crippen molar-refractivity contribution in [3.05, 3.63) is 0 Å². The Morgan fingerprint density at radius 2 is 1.03 bits per heavy atom. The van der Waals surface area contributed by atoms with Crippen LogP contribution in [0.5, 0.6) is 0 Å². The van der Waals surface area contributed by atoms with Gasteiger partial charge in [0.05, 0.1) is 12.7 Å². The van der Waals surface area contributed by atoms with Crippen molar-refractivity contribution in [1.82, 2.24) is 14.7 Å². The van der Waals surface area contributed by atoms with Crippen LogP contribution in [-0.2, 0) is 18.1 Å². The minimum atomic E-state index is -3.53. The summed E-state index contributed by atoms with van der Waals surface area (Å²) in [5.41, 5.74) is 0. The molecule has 0 fully saturated rings. The van der Waals surface area contributed by atoms with Crippen LogP contribution in [0, 0.1) is 0 Å². The molecule has 2 atom stereocenters. The number of hydrogen-bond acceptors (Lipinski definition) is 7. The molecule has 0 bridgehead atoms. The monoisotopic (exact) mass is 577 g/mol. The molecular weight excluding hydrogens is 509 g/mol. The third-order valence-corrected chi connectivity index (χ3v) is 8.77. The number of hydrogen-bond donors (Lipinski definition) is 0. The molecule has 0 spiro atoms. The van der Waals surface area contributed by atoms with Crippen LogP contribution < -0.4 is 0 Å². The van der Waals surface area contributed by atoms with E-state index in [2.05, 4.69) is 49.8 Å². The Labute approximate surface area is 244 Å². The number of rotatable bonds is 30. The van der Waals surface area contributed by atoms with E-state index in [0.29, 0.717) is 6.61 Å². The second-order valence-corrected chi connectivity index (χ2v) is 13.7.